The molecule has 3 aromatic rings. The van der Waals surface area contributed by atoms with Crippen LogP contribution in [-0.2, 0) is 11.3 Å². The second-order valence-electron chi connectivity index (χ2n) is 4.99. The van der Waals surface area contributed by atoms with Gasteiger partial charge in [0.15, 0.2) is 11.6 Å². The van der Waals surface area contributed by atoms with Crippen LogP contribution in [0.25, 0.3) is 5.65 Å². The number of imidazole rings is 1. The Hall–Kier alpha value is -1.93. The summed E-state index contributed by atoms with van der Waals surface area (Å²) in [5.41, 5.74) is 1.53. The van der Waals surface area contributed by atoms with E-state index in [1.54, 1.807) is 0 Å². The predicted molar refractivity (Wildman–Crippen MR) is 91.8 cm³/mol. The standard InChI is InChI=1S/C16H12BrF2N3OS/c17-10-1-4-15-21-11(8-22(15)7-10)6-20-16(23)9-24-12-2-3-13(18)14(19)5-12/h1-5,7-8H,6,9H2,(H,20,23). The molecule has 0 aliphatic rings. The van der Waals surface area contributed by atoms with Crippen LogP contribution in [-0.4, -0.2) is 21.0 Å². The molecule has 4 nitrogen and oxygen atoms in total. The molecule has 1 amide bonds. The van der Waals surface area contributed by atoms with Gasteiger partial charge in [0.2, 0.25) is 5.91 Å². The average molecular weight is 412 g/mol. The zero-order valence-electron chi connectivity index (χ0n) is 12.3. The van der Waals surface area contributed by atoms with E-state index in [1.165, 1.54) is 6.07 Å². The molecule has 1 N–H and O–H groups in total. The van der Waals surface area contributed by atoms with E-state index >= 15 is 0 Å². The molecular weight excluding hydrogens is 400 g/mol. The van der Waals surface area contributed by atoms with Gasteiger partial charge in [0.25, 0.3) is 0 Å². The van der Waals surface area contributed by atoms with Gasteiger partial charge < -0.3 is 9.72 Å². The van der Waals surface area contributed by atoms with Crippen LogP contribution in [0.1, 0.15) is 5.69 Å². The van der Waals surface area contributed by atoms with Gasteiger partial charge in [-0.1, -0.05) is 0 Å². The number of hydrogen-bond acceptors (Lipinski definition) is 3. The third-order valence-corrected chi connectivity index (χ3v) is 4.66. The van der Waals surface area contributed by atoms with Crippen molar-refractivity contribution in [2.75, 3.05) is 5.75 Å². The Labute approximate surface area is 149 Å². The van der Waals surface area contributed by atoms with Gasteiger partial charge in [0, 0.05) is 21.8 Å². The molecule has 0 spiro atoms. The molecule has 24 heavy (non-hydrogen) atoms. The number of nitrogens with one attached hydrogen (secondary N) is 1. The minimum atomic E-state index is -0.920. The van der Waals surface area contributed by atoms with Crippen molar-refractivity contribution in [2.45, 2.75) is 11.4 Å². The topological polar surface area (TPSA) is 46.4 Å². The van der Waals surface area contributed by atoms with Crippen LogP contribution >= 0.6 is 27.7 Å². The molecule has 0 saturated carbocycles. The number of benzene rings is 1. The molecule has 2 aromatic heterocycles. The number of rotatable bonds is 5. The van der Waals surface area contributed by atoms with Crippen LogP contribution in [0.2, 0.25) is 0 Å². The number of thioether (sulfide) groups is 1. The van der Waals surface area contributed by atoms with Gasteiger partial charge in [-0.15, -0.1) is 11.8 Å². The normalized spacial score (nSPS) is 11.0. The highest BCUT2D eigenvalue weighted by Gasteiger charge is 2.08. The number of amides is 1. The Bertz CT molecular complexity index is 900. The molecule has 0 fully saturated rings. The fourth-order valence-electron chi connectivity index (χ4n) is 2.06. The molecule has 1 aromatic carbocycles. The molecule has 8 heteroatoms. The Kier molecular flexibility index (Phi) is 5.15. The van der Waals surface area contributed by atoms with E-state index in [0.29, 0.717) is 11.4 Å². The summed E-state index contributed by atoms with van der Waals surface area (Å²) in [5, 5.41) is 2.76. The number of carbonyl (C=O) groups excluding carboxylic acids is 1. The van der Waals surface area contributed by atoms with E-state index in [0.717, 1.165) is 39.7 Å². The number of halogens is 3. The number of aromatic nitrogens is 2. The summed E-state index contributed by atoms with van der Waals surface area (Å²) in [5.74, 6) is -1.91. The highest BCUT2D eigenvalue weighted by Crippen LogP contribution is 2.20. The average Bonchev–Trinajstić information content (AvgIpc) is 2.96. The first-order valence-electron chi connectivity index (χ1n) is 6.99. The van der Waals surface area contributed by atoms with Gasteiger partial charge in [0.1, 0.15) is 5.65 Å². The number of fused-ring (bicyclic) bond motifs is 1. The lowest BCUT2D eigenvalue weighted by molar-refractivity contribution is -0.118. The summed E-state index contributed by atoms with van der Waals surface area (Å²) in [7, 11) is 0. The minimum absolute atomic E-state index is 0.115. The Morgan fingerprint density at radius 2 is 2.04 bits per heavy atom. The first-order chi connectivity index (χ1) is 11.5. The monoisotopic (exact) mass is 411 g/mol. The number of nitrogens with zero attached hydrogens (tertiary/aromatic N) is 2. The maximum Gasteiger partial charge on any atom is 0.230 e. The molecule has 0 radical (unpaired) electrons. The zero-order chi connectivity index (χ0) is 17.1. The lowest BCUT2D eigenvalue weighted by Crippen LogP contribution is -2.24. The van der Waals surface area contributed by atoms with E-state index in [9.17, 15) is 13.6 Å². The summed E-state index contributed by atoms with van der Waals surface area (Å²) in [6, 6.07) is 7.32. The SMILES string of the molecule is O=C(CSc1ccc(F)c(F)c1)NCc1cn2cc(Br)ccc2n1. The summed E-state index contributed by atoms with van der Waals surface area (Å²) >= 11 is 4.53. The lowest BCUT2D eigenvalue weighted by Gasteiger charge is -2.04. The Balaban J connectivity index is 1.53. The van der Waals surface area contributed by atoms with E-state index in [1.807, 2.05) is 28.9 Å². The van der Waals surface area contributed by atoms with E-state index in [2.05, 4.69) is 26.2 Å². The largest absolute Gasteiger partial charge is 0.350 e. The van der Waals surface area contributed by atoms with Crippen LogP contribution in [0.3, 0.4) is 0 Å². The van der Waals surface area contributed by atoms with Crippen molar-refractivity contribution in [3.05, 3.63) is 64.5 Å². The summed E-state index contributed by atoms with van der Waals surface area (Å²) < 4.78 is 28.7. The molecule has 0 unspecified atom stereocenters. The first-order valence-corrected chi connectivity index (χ1v) is 8.77. The molecule has 0 aliphatic carbocycles. The van der Waals surface area contributed by atoms with E-state index in [-0.39, 0.29) is 11.7 Å². The molecule has 0 bridgehead atoms. The maximum atomic E-state index is 13.1. The van der Waals surface area contributed by atoms with Gasteiger partial charge >= 0.3 is 0 Å². The number of hydrogen-bond donors (Lipinski definition) is 1. The second kappa shape index (κ2) is 7.31. The summed E-state index contributed by atoms with van der Waals surface area (Å²) in [6.45, 7) is 0.302. The van der Waals surface area contributed by atoms with Crippen molar-refractivity contribution in [1.82, 2.24) is 14.7 Å². The van der Waals surface area contributed by atoms with E-state index < -0.39 is 11.6 Å². The van der Waals surface area contributed by atoms with Crippen molar-refractivity contribution in [3.8, 4) is 0 Å². The lowest BCUT2D eigenvalue weighted by atomic mass is 10.3. The third-order valence-electron chi connectivity index (χ3n) is 3.19. The summed E-state index contributed by atoms with van der Waals surface area (Å²) in [4.78, 5) is 16.8. The van der Waals surface area contributed by atoms with Crippen molar-refractivity contribution in [3.63, 3.8) is 0 Å². The van der Waals surface area contributed by atoms with E-state index in [4.69, 9.17) is 0 Å². The zero-order valence-corrected chi connectivity index (χ0v) is 14.7. The van der Waals surface area contributed by atoms with Crippen molar-refractivity contribution >= 4 is 39.2 Å². The molecule has 0 saturated heterocycles. The molecule has 3 rings (SSSR count). The van der Waals surface area contributed by atoms with Gasteiger partial charge in [-0.3, -0.25) is 4.79 Å². The molecular formula is C16H12BrF2N3OS. The second-order valence-corrected chi connectivity index (χ2v) is 6.95. The van der Waals surface area contributed by atoms with Crippen LogP contribution in [0.5, 0.6) is 0 Å². The van der Waals surface area contributed by atoms with Crippen molar-refractivity contribution in [1.29, 1.82) is 0 Å². The third kappa shape index (κ3) is 4.12. The maximum absolute atomic E-state index is 13.1. The fourth-order valence-corrected chi connectivity index (χ4v) is 3.16. The van der Waals surface area contributed by atoms with Crippen molar-refractivity contribution < 1.29 is 13.6 Å². The van der Waals surface area contributed by atoms with Crippen LogP contribution < -0.4 is 5.32 Å². The van der Waals surface area contributed by atoms with Crippen molar-refractivity contribution in [2.24, 2.45) is 0 Å². The van der Waals surface area contributed by atoms with Crippen LogP contribution in [0, 0.1) is 11.6 Å². The van der Waals surface area contributed by atoms with Gasteiger partial charge in [-0.2, -0.15) is 0 Å². The van der Waals surface area contributed by atoms with Gasteiger partial charge in [-0.25, -0.2) is 13.8 Å². The fraction of sp³-hybridized carbons (Fsp3) is 0.125. The molecule has 2 heterocycles. The predicted octanol–water partition coefficient (Wildman–Crippen LogP) is 3.78. The minimum Gasteiger partial charge on any atom is -0.350 e. The molecule has 124 valence electrons. The molecule has 0 atom stereocenters. The number of carbonyl (C=O) groups is 1. The highest BCUT2D eigenvalue weighted by atomic mass is 79.9. The van der Waals surface area contributed by atoms with Gasteiger partial charge in [-0.05, 0) is 46.3 Å². The number of pyridine rings is 1. The van der Waals surface area contributed by atoms with Gasteiger partial charge in [0.05, 0.1) is 18.0 Å². The van der Waals surface area contributed by atoms with Crippen LogP contribution in [0.4, 0.5) is 8.78 Å². The quantitative estimate of drug-likeness (QED) is 0.649. The smallest absolute Gasteiger partial charge is 0.230 e. The summed E-state index contributed by atoms with van der Waals surface area (Å²) in [6.07, 6.45) is 3.72. The highest BCUT2D eigenvalue weighted by molar-refractivity contribution is 9.10. The first kappa shape index (κ1) is 16.9. The Morgan fingerprint density at radius 3 is 2.83 bits per heavy atom. The Morgan fingerprint density at radius 1 is 1.21 bits per heavy atom. The molecule has 0 aliphatic heterocycles. The van der Waals surface area contributed by atoms with Crippen LogP contribution in [0.15, 0.2) is 52.1 Å².